The van der Waals surface area contributed by atoms with Crippen molar-refractivity contribution in [2.45, 2.75) is 20.4 Å². The maximum atomic E-state index is 6.18. The number of nitrogens with one attached hydrogen (secondary N) is 1. The van der Waals surface area contributed by atoms with Gasteiger partial charge in [0, 0.05) is 11.6 Å². The molecule has 0 fully saturated rings. The minimum atomic E-state index is 0.789. The van der Waals surface area contributed by atoms with Crippen molar-refractivity contribution in [3.63, 3.8) is 0 Å². The smallest absolute Gasteiger partial charge is 0.0451 e. The summed E-state index contributed by atoms with van der Waals surface area (Å²) in [4.78, 5) is 0. The van der Waals surface area contributed by atoms with Crippen LogP contribution in [0.4, 0.5) is 0 Å². The Morgan fingerprint density at radius 1 is 0.944 bits per heavy atom. The summed E-state index contributed by atoms with van der Waals surface area (Å²) in [6, 6.07) is 12.8. The standard InChI is InChI=1S/C16H18ClN/c1-11-6-12(2)8-14(7-11)13-4-5-16(17)15(9-13)10-18-3/h4-9,18H,10H2,1-3H3. The summed E-state index contributed by atoms with van der Waals surface area (Å²) < 4.78 is 0. The molecule has 0 unspecified atom stereocenters. The second-order valence-electron chi connectivity index (χ2n) is 4.71. The summed E-state index contributed by atoms with van der Waals surface area (Å²) in [5, 5.41) is 3.96. The van der Waals surface area contributed by atoms with Crippen molar-refractivity contribution in [2.24, 2.45) is 0 Å². The minimum Gasteiger partial charge on any atom is -0.316 e. The summed E-state index contributed by atoms with van der Waals surface area (Å²) in [6.45, 7) is 5.04. The molecule has 0 radical (unpaired) electrons. The highest BCUT2D eigenvalue weighted by Crippen LogP contribution is 2.26. The van der Waals surface area contributed by atoms with E-state index in [0.29, 0.717) is 0 Å². The van der Waals surface area contributed by atoms with Gasteiger partial charge in [-0.05, 0) is 49.7 Å². The van der Waals surface area contributed by atoms with Gasteiger partial charge < -0.3 is 5.32 Å². The lowest BCUT2D eigenvalue weighted by Crippen LogP contribution is -2.05. The van der Waals surface area contributed by atoms with Crippen molar-refractivity contribution in [1.82, 2.24) is 5.32 Å². The van der Waals surface area contributed by atoms with Crippen LogP contribution in [0.5, 0.6) is 0 Å². The summed E-state index contributed by atoms with van der Waals surface area (Å²) >= 11 is 6.18. The average Bonchev–Trinajstić information content (AvgIpc) is 2.31. The van der Waals surface area contributed by atoms with Gasteiger partial charge in [-0.25, -0.2) is 0 Å². The van der Waals surface area contributed by atoms with Gasteiger partial charge in [-0.15, -0.1) is 0 Å². The Morgan fingerprint density at radius 2 is 1.61 bits per heavy atom. The fourth-order valence-corrected chi connectivity index (χ4v) is 2.41. The van der Waals surface area contributed by atoms with E-state index >= 15 is 0 Å². The monoisotopic (exact) mass is 259 g/mol. The number of hydrogen-bond donors (Lipinski definition) is 1. The van der Waals surface area contributed by atoms with Crippen LogP contribution in [-0.2, 0) is 6.54 Å². The molecule has 0 atom stereocenters. The van der Waals surface area contributed by atoms with Gasteiger partial charge in [0.1, 0.15) is 0 Å². The molecule has 0 bridgehead atoms. The van der Waals surface area contributed by atoms with Gasteiger partial charge in [0.15, 0.2) is 0 Å². The molecule has 18 heavy (non-hydrogen) atoms. The SMILES string of the molecule is CNCc1cc(-c2cc(C)cc(C)c2)ccc1Cl. The number of aryl methyl sites for hydroxylation is 2. The van der Waals surface area contributed by atoms with Gasteiger partial charge in [0.2, 0.25) is 0 Å². The van der Waals surface area contributed by atoms with Crippen molar-refractivity contribution in [3.05, 3.63) is 58.1 Å². The summed E-state index contributed by atoms with van der Waals surface area (Å²) in [5.41, 5.74) is 6.18. The van der Waals surface area contributed by atoms with Crippen LogP contribution < -0.4 is 5.32 Å². The van der Waals surface area contributed by atoms with Crippen molar-refractivity contribution >= 4 is 11.6 Å². The molecule has 0 spiro atoms. The molecule has 1 nitrogen and oxygen atoms in total. The topological polar surface area (TPSA) is 12.0 Å². The van der Waals surface area contributed by atoms with Crippen molar-refractivity contribution in [3.8, 4) is 11.1 Å². The maximum Gasteiger partial charge on any atom is 0.0451 e. The lowest BCUT2D eigenvalue weighted by atomic mass is 9.99. The zero-order chi connectivity index (χ0) is 13.1. The van der Waals surface area contributed by atoms with Gasteiger partial charge in [0.25, 0.3) is 0 Å². The first-order valence-electron chi connectivity index (χ1n) is 6.12. The lowest BCUT2D eigenvalue weighted by molar-refractivity contribution is 0.818. The van der Waals surface area contributed by atoms with Crippen LogP contribution >= 0.6 is 11.6 Å². The molecule has 94 valence electrons. The van der Waals surface area contributed by atoms with Crippen LogP contribution in [0.3, 0.4) is 0 Å². The second-order valence-corrected chi connectivity index (χ2v) is 5.12. The fourth-order valence-electron chi connectivity index (χ4n) is 2.22. The highest BCUT2D eigenvalue weighted by molar-refractivity contribution is 6.31. The molecule has 2 aromatic rings. The van der Waals surface area contributed by atoms with Gasteiger partial charge in [0.05, 0.1) is 0 Å². The summed E-state index contributed by atoms with van der Waals surface area (Å²) in [7, 11) is 1.93. The van der Waals surface area contributed by atoms with E-state index < -0.39 is 0 Å². The first-order valence-corrected chi connectivity index (χ1v) is 6.49. The van der Waals surface area contributed by atoms with Crippen LogP contribution in [0.2, 0.25) is 5.02 Å². The maximum absolute atomic E-state index is 6.18. The van der Waals surface area contributed by atoms with Crippen LogP contribution in [0, 0.1) is 13.8 Å². The number of benzene rings is 2. The fraction of sp³-hybridized carbons (Fsp3) is 0.250. The van der Waals surface area contributed by atoms with E-state index in [1.54, 1.807) is 0 Å². The van der Waals surface area contributed by atoms with Gasteiger partial charge in [-0.2, -0.15) is 0 Å². The van der Waals surface area contributed by atoms with E-state index in [9.17, 15) is 0 Å². The second kappa shape index (κ2) is 5.55. The lowest BCUT2D eigenvalue weighted by Gasteiger charge is -2.09. The van der Waals surface area contributed by atoms with Crippen molar-refractivity contribution in [1.29, 1.82) is 0 Å². The molecule has 0 aliphatic heterocycles. The van der Waals surface area contributed by atoms with Crippen LogP contribution in [0.25, 0.3) is 11.1 Å². The molecule has 1 N–H and O–H groups in total. The molecule has 0 aliphatic carbocycles. The van der Waals surface area contributed by atoms with E-state index in [-0.39, 0.29) is 0 Å². The molecule has 0 aliphatic rings. The largest absolute Gasteiger partial charge is 0.316 e. The molecule has 2 rings (SSSR count). The predicted molar refractivity (Wildman–Crippen MR) is 79.1 cm³/mol. The Morgan fingerprint density at radius 3 is 2.22 bits per heavy atom. The van der Waals surface area contributed by atoms with Crippen LogP contribution in [-0.4, -0.2) is 7.05 Å². The minimum absolute atomic E-state index is 0.789. The highest BCUT2D eigenvalue weighted by atomic mass is 35.5. The number of hydrogen-bond acceptors (Lipinski definition) is 1. The van der Waals surface area contributed by atoms with E-state index in [1.165, 1.54) is 22.3 Å². The summed E-state index contributed by atoms with van der Waals surface area (Å²) in [5.74, 6) is 0. The number of halogens is 1. The third kappa shape index (κ3) is 2.92. The Bertz CT molecular complexity index is 541. The quantitative estimate of drug-likeness (QED) is 0.865. The normalized spacial score (nSPS) is 10.7. The summed E-state index contributed by atoms with van der Waals surface area (Å²) in [6.07, 6.45) is 0. The molecule has 0 saturated heterocycles. The molecular weight excluding hydrogens is 242 g/mol. The third-order valence-corrected chi connectivity index (χ3v) is 3.34. The Kier molecular flexibility index (Phi) is 4.05. The van der Waals surface area contributed by atoms with Crippen LogP contribution in [0.15, 0.2) is 36.4 Å². The first kappa shape index (κ1) is 13.1. The molecule has 0 saturated carbocycles. The average molecular weight is 260 g/mol. The molecule has 0 heterocycles. The first-order chi connectivity index (χ1) is 8.60. The molecule has 0 aromatic heterocycles. The van der Waals surface area contributed by atoms with E-state index in [0.717, 1.165) is 17.1 Å². The zero-order valence-corrected chi connectivity index (χ0v) is 11.8. The molecular formula is C16H18ClN. The third-order valence-electron chi connectivity index (χ3n) is 2.97. The predicted octanol–water partition coefficient (Wildman–Crippen LogP) is 4.34. The Labute approximate surface area is 114 Å². The van der Waals surface area contributed by atoms with E-state index in [1.807, 2.05) is 13.1 Å². The van der Waals surface area contributed by atoms with Gasteiger partial charge in [-0.1, -0.05) is 47.0 Å². The Hall–Kier alpha value is -1.31. The highest BCUT2D eigenvalue weighted by Gasteiger charge is 2.04. The zero-order valence-electron chi connectivity index (χ0n) is 11.0. The van der Waals surface area contributed by atoms with Gasteiger partial charge >= 0.3 is 0 Å². The molecule has 2 aromatic carbocycles. The van der Waals surface area contributed by atoms with Crippen LogP contribution in [0.1, 0.15) is 16.7 Å². The molecule has 2 heteroatoms. The number of rotatable bonds is 3. The Balaban J connectivity index is 2.47. The van der Waals surface area contributed by atoms with Crippen molar-refractivity contribution < 1.29 is 0 Å². The van der Waals surface area contributed by atoms with E-state index in [4.69, 9.17) is 11.6 Å². The van der Waals surface area contributed by atoms with Crippen molar-refractivity contribution in [2.75, 3.05) is 7.05 Å². The van der Waals surface area contributed by atoms with Gasteiger partial charge in [-0.3, -0.25) is 0 Å². The molecule has 0 amide bonds. The van der Waals surface area contributed by atoms with E-state index in [2.05, 4.69) is 49.5 Å².